The summed E-state index contributed by atoms with van der Waals surface area (Å²) in [6.07, 6.45) is 8.32. The number of benzene rings is 1. The van der Waals surface area contributed by atoms with Gasteiger partial charge in [0.15, 0.2) is 0 Å². The summed E-state index contributed by atoms with van der Waals surface area (Å²) in [5.74, 6) is 0.528. The molecule has 21 heavy (non-hydrogen) atoms. The molecule has 0 aliphatic heterocycles. The Hall–Kier alpha value is -3.02. The fourth-order valence-electron chi connectivity index (χ4n) is 2.02. The Morgan fingerprint density at radius 3 is 2.86 bits per heavy atom. The highest BCUT2D eigenvalue weighted by Crippen LogP contribution is 2.16. The zero-order chi connectivity index (χ0) is 14.7. The maximum Gasteiger partial charge on any atom is 0.251 e. The van der Waals surface area contributed by atoms with Gasteiger partial charge in [0.1, 0.15) is 18.5 Å². The molecule has 0 radical (unpaired) electrons. The molecule has 0 amide bonds. The number of hydrogen-bond donors (Lipinski definition) is 1. The zero-order valence-corrected chi connectivity index (χ0v) is 11.4. The van der Waals surface area contributed by atoms with Crippen molar-refractivity contribution in [2.24, 2.45) is 0 Å². The molecule has 104 valence electrons. The van der Waals surface area contributed by atoms with E-state index in [0.29, 0.717) is 5.82 Å². The van der Waals surface area contributed by atoms with Crippen molar-refractivity contribution < 1.29 is 0 Å². The minimum atomic E-state index is -0.164. The molecule has 0 fully saturated rings. The van der Waals surface area contributed by atoms with Crippen LogP contribution in [0.4, 0.5) is 0 Å². The van der Waals surface area contributed by atoms with Gasteiger partial charge in [-0.3, -0.25) is 4.79 Å². The first-order chi connectivity index (χ1) is 10.2. The number of nitrogens with one attached hydrogen (secondary N) is 1. The molecule has 6 nitrogen and oxygen atoms in total. The van der Waals surface area contributed by atoms with E-state index < -0.39 is 0 Å². The fourth-order valence-corrected chi connectivity index (χ4v) is 2.02. The predicted molar refractivity (Wildman–Crippen MR) is 79.9 cm³/mol. The van der Waals surface area contributed by atoms with Crippen LogP contribution in [0, 0.1) is 6.92 Å². The quantitative estimate of drug-likeness (QED) is 0.793. The molecular weight excluding hydrogens is 266 g/mol. The molecule has 0 atom stereocenters. The lowest BCUT2D eigenvalue weighted by molar-refractivity contribution is 0.871. The molecule has 2 aromatic heterocycles. The van der Waals surface area contributed by atoms with Crippen LogP contribution in [0.15, 0.2) is 47.9 Å². The molecule has 1 N–H and O–H groups in total. The van der Waals surface area contributed by atoms with E-state index in [-0.39, 0.29) is 5.56 Å². The SMILES string of the molecule is Cc1cc(/C=C/c2nccc(=O)[nH]2)ccc1-n1cncn1. The molecule has 0 bridgehead atoms. The van der Waals surface area contributed by atoms with Gasteiger partial charge in [-0.15, -0.1) is 0 Å². The van der Waals surface area contributed by atoms with Crippen LogP contribution in [-0.4, -0.2) is 24.7 Å². The van der Waals surface area contributed by atoms with Crippen LogP contribution in [0.1, 0.15) is 17.0 Å². The van der Waals surface area contributed by atoms with Gasteiger partial charge < -0.3 is 4.98 Å². The van der Waals surface area contributed by atoms with E-state index in [0.717, 1.165) is 16.8 Å². The van der Waals surface area contributed by atoms with Gasteiger partial charge in [0.05, 0.1) is 5.69 Å². The van der Waals surface area contributed by atoms with Gasteiger partial charge in [-0.2, -0.15) is 5.10 Å². The Labute approximate surface area is 120 Å². The fraction of sp³-hybridized carbons (Fsp3) is 0.0667. The largest absolute Gasteiger partial charge is 0.307 e. The molecule has 0 saturated carbocycles. The van der Waals surface area contributed by atoms with Gasteiger partial charge >= 0.3 is 0 Å². The number of rotatable bonds is 3. The van der Waals surface area contributed by atoms with Crippen LogP contribution >= 0.6 is 0 Å². The topological polar surface area (TPSA) is 76.5 Å². The average molecular weight is 279 g/mol. The summed E-state index contributed by atoms with van der Waals surface area (Å²) >= 11 is 0. The molecule has 2 heterocycles. The summed E-state index contributed by atoms with van der Waals surface area (Å²) in [5.41, 5.74) is 2.92. The van der Waals surface area contributed by atoms with E-state index in [1.165, 1.54) is 18.6 Å². The van der Waals surface area contributed by atoms with Crippen molar-refractivity contribution in [3.05, 3.63) is 70.4 Å². The second kappa shape index (κ2) is 5.54. The van der Waals surface area contributed by atoms with E-state index in [4.69, 9.17) is 0 Å². The van der Waals surface area contributed by atoms with E-state index >= 15 is 0 Å². The Kier molecular flexibility index (Phi) is 3.42. The lowest BCUT2D eigenvalue weighted by Crippen LogP contribution is -2.05. The van der Waals surface area contributed by atoms with E-state index in [9.17, 15) is 4.79 Å². The summed E-state index contributed by atoms with van der Waals surface area (Å²) in [7, 11) is 0. The Bertz CT molecular complexity index is 833. The van der Waals surface area contributed by atoms with Crippen LogP contribution in [0.5, 0.6) is 0 Å². The number of aromatic amines is 1. The van der Waals surface area contributed by atoms with Crippen molar-refractivity contribution in [3.63, 3.8) is 0 Å². The predicted octanol–water partition coefficient (Wildman–Crippen LogP) is 1.83. The van der Waals surface area contributed by atoms with E-state index in [2.05, 4.69) is 20.1 Å². The summed E-state index contributed by atoms with van der Waals surface area (Å²) in [4.78, 5) is 21.8. The van der Waals surface area contributed by atoms with Gasteiger partial charge in [-0.1, -0.05) is 12.1 Å². The van der Waals surface area contributed by atoms with Gasteiger partial charge in [-0.25, -0.2) is 14.6 Å². The standard InChI is InChI=1S/C15H13N5O/c1-11-8-12(2-4-13(11)20-10-16-9-18-20)3-5-14-17-7-6-15(21)19-14/h2-10H,1H3,(H,17,19,21)/b5-3+. The molecule has 0 unspecified atom stereocenters. The van der Waals surface area contributed by atoms with Gasteiger partial charge in [0.2, 0.25) is 0 Å². The van der Waals surface area contributed by atoms with Crippen molar-refractivity contribution in [3.8, 4) is 5.69 Å². The summed E-state index contributed by atoms with van der Waals surface area (Å²) < 4.78 is 1.72. The maximum atomic E-state index is 11.2. The van der Waals surface area contributed by atoms with Gasteiger partial charge in [0.25, 0.3) is 5.56 Å². The first kappa shape index (κ1) is 13.0. The number of hydrogen-bond acceptors (Lipinski definition) is 4. The molecule has 0 aliphatic rings. The molecule has 3 aromatic rings. The summed E-state index contributed by atoms with van der Waals surface area (Å²) in [6, 6.07) is 7.37. The lowest BCUT2D eigenvalue weighted by atomic mass is 10.1. The van der Waals surface area contributed by atoms with E-state index in [1.807, 2.05) is 31.2 Å². The van der Waals surface area contributed by atoms with Gasteiger partial charge in [-0.05, 0) is 36.3 Å². The first-order valence-corrected chi connectivity index (χ1v) is 6.41. The summed E-state index contributed by atoms with van der Waals surface area (Å²) in [6.45, 7) is 2.01. The minimum absolute atomic E-state index is 0.164. The summed E-state index contributed by atoms with van der Waals surface area (Å²) in [5, 5.41) is 4.12. The van der Waals surface area contributed by atoms with Crippen molar-refractivity contribution in [1.29, 1.82) is 0 Å². The highest BCUT2D eigenvalue weighted by atomic mass is 16.1. The van der Waals surface area contributed by atoms with Crippen molar-refractivity contribution in [2.45, 2.75) is 6.92 Å². The number of nitrogens with zero attached hydrogens (tertiary/aromatic N) is 4. The third-order valence-electron chi connectivity index (χ3n) is 3.01. The molecule has 0 aliphatic carbocycles. The van der Waals surface area contributed by atoms with Crippen molar-refractivity contribution in [1.82, 2.24) is 24.7 Å². The second-order valence-corrected chi connectivity index (χ2v) is 4.54. The Morgan fingerprint density at radius 1 is 1.24 bits per heavy atom. The normalized spacial score (nSPS) is 11.1. The number of H-pyrrole nitrogens is 1. The Morgan fingerprint density at radius 2 is 2.14 bits per heavy atom. The number of aryl methyl sites for hydroxylation is 1. The third kappa shape index (κ3) is 2.94. The van der Waals surface area contributed by atoms with Crippen molar-refractivity contribution in [2.75, 3.05) is 0 Å². The monoisotopic (exact) mass is 279 g/mol. The third-order valence-corrected chi connectivity index (χ3v) is 3.01. The molecule has 0 spiro atoms. The van der Waals surface area contributed by atoms with Crippen LogP contribution in [0.25, 0.3) is 17.8 Å². The van der Waals surface area contributed by atoms with E-state index in [1.54, 1.807) is 17.1 Å². The van der Waals surface area contributed by atoms with Crippen LogP contribution in [0.2, 0.25) is 0 Å². The molecule has 1 aromatic carbocycles. The molecule has 3 rings (SSSR count). The van der Waals surface area contributed by atoms with Gasteiger partial charge in [0, 0.05) is 12.3 Å². The smallest absolute Gasteiger partial charge is 0.251 e. The van der Waals surface area contributed by atoms with Crippen LogP contribution < -0.4 is 5.56 Å². The highest BCUT2D eigenvalue weighted by Gasteiger charge is 2.01. The number of aromatic nitrogens is 5. The lowest BCUT2D eigenvalue weighted by Gasteiger charge is -2.05. The highest BCUT2D eigenvalue weighted by molar-refractivity contribution is 5.67. The Balaban J connectivity index is 1.87. The van der Waals surface area contributed by atoms with Crippen molar-refractivity contribution >= 4 is 12.2 Å². The second-order valence-electron chi connectivity index (χ2n) is 4.54. The molecule has 0 saturated heterocycles. The molecule has 6 heteroatoms. The minimum Gasteiger partial charge on any atom is -0.307 e. The zero-order valence-electron chi connectivity index (χ0n) is 11.4. The van der Waals surface area contributed by atoms with Crippen LogP contribution in [-0.2, 0) is 0 Å². The average Bonchev–Trinajstić information content (AvgIpc) is 2.99. The maximum absolute atomic E-state index is 11.2. The first-order valence-electron chi connectivity index (χ1n) is 6.41. The molecular formula is C15H13N5O. The van der Waals surface area contributed by atoms with Crippen LogP contribution in [0.3, 0.4) is 0 Å².